The van der Waals surface area contributed by atoms with Gasteiger partial charge in [0.2, 0.25) is 0 Å². The van der Waals surface area contributed by atoms with Gasteiger partial charge in [0.05, 0.1) is 0 Å². The molecule has 0 spiro atoms. The minimum absolute atomic E-state index is 0.331. The number of nitrogens with two attached hydrogens (primary N) is 1. The molecule has 2 unspecified atom stereocenters. The first kappa shape index (κ1) is 13.8. The van der Waals surface area contributed by atoms with Crippen molar-refractivity contribution in [2.45, 2.75) is 44.6 Å². The van der Waals surface area contributed by atoms with Crippen LogP contribution in [0.15, 0.2) is 11.4 Å². The summed E-state index contributed by atoms with van der Waals surface area (Å²) in [5, 5.41) is 1.94. The molecule has 2 nitrogen and oxygen atoms in total. The molecule has 1 aliphatic rings. The summed E-state index contributed by atoms with van der Waals surface area (Å²) >= 11 is 1.62. The molecule has 2 heterocycles. The van der Waals surface area contributed by atoms with Crippen molar-refractivity contribution in [2.75, 3.05) is 6.54 Å². The molecule has 1 aliphatic heterocycles. The van der Waals surface area contributed by atoms with Crippen molar-refractivity contribution < 1.29 is 13.2 Å². The second-order valence-electron chi connectivity index (χ2n) is 4.65. The van der Waals surface area contributed by atoms with Crippen LogP contribution < -0.4 is 5.73 Å². The van der Waals surface area contributed by atoms with E-state index in [2.05, 4.69) is 0 Å². The van der Waals surface area contributed by atoms with Gasteiger partial charge in [-0.15, -0.1) is 11.3 Å². The first-order chi connectivity index (χ1) is 8.43. The van der Waals surface area contributed by atoms with Gasteiger partial charge in [0.1, 0.15) is 6.04 Å². The molecule has 0 amide bonds. The summed E-state index contributed by atoms with van der Waals surface area (Å²) in [4.78, 5) is 2.68. The van der Waals surface area contributed by atoms with Gasteiger partial charge in [0, 0.05) is 24.0 Å². The van der Waals surface area contributed by atoms with Gasteiger partial charge in [-0.3, -0.25) is 4.90 Å². The van der Waals surface area contributed by atoms with Crippen LogP contribution >= 0.6 is 11.3 Å². The Morgan fingerprint density at radius 2 is 2.22 bits per heavy atom. The number of hydrogen-bond donors (Lipinski definition) is 1. The van der Waals surface area contributed by atoms with E-state index in [4.69, 9.17) is 5.73 Å². The lowest BCUT2D eigenvalue weighted by molar-refractivity contribution is -0.191. The van der Waals surface area contributed by atoms with Crippen molar-refractivity contribution in [3.8, 4) is 0 Å². The molecular weight excluding hydrogens is 261 g/mol. The molecule has 18 heavy (non-hydrogen) atoms. The Kier molecular flexibility index (Phi) is 3.99. The summed E-state index contributed by atoms with van der Waals surface area (Å²) < 4.78 is 39.4. The molecule has 1 aromatic rings. The first-order valence-electron chi connectivity index (χ1n) is 6.05. The predicted octanol–water partition coefficient (Wildman–Crippen LogP) is 2.77. The fourth-order valence-corrected chi connectivity index (χ4v) is 3.34. The Bertz CT molecular complexity index is 402. The Labute approximate surface area is 109 Å². The lowest BCUT2D eigenvalue weighted by atomic mass is 10.0. The third kappa shape index (κ3) is 2.70. The van der Waals surface area contributed by atoms with E-state index in [1.54, 1.807) is 18.3 Å². The molecule has 2 N–H and O–H groups in total. The number of fused-ring (bicyclic) bond motifs is 1. The molecule has 1 aromatic heterocycles. The maximum atomic E-state index is 13.1. The van der Waals surface area contributed by atoms with Crippen molar-refractivity contribution in [1.29, 1.82) is 0 Å². The highest BCUT2D eigenvalue weighted by atomic mass is 32.1. The summed E-state index contributed by atoms with van der Waals surface area (Å²) in [6.45, 7) is 2.49. The van der Waals surface area contributed by atoms with Crippen LogP contribution in [0.3, 0.4) is 0 Å². The molecule has 6 heteroatoms. The van der Waals surface area contributed by atoms with E-state index < -0.39 is 18.3 Å². The molecule has 0 saturated heterocycles. The highest BCUT2D eigenvalue weighted by Crippen LogP contribution is 2.32. The molecule has 0 fully saturated rings. The number of hydrogen-bond acceptors (Lipinski definition) is 3. The van der Waals surface area contributed by atoms with E-state index >= 15 is 0 Å². The maximum Gasteiger partial charge on any atom is 0.405 e. The molecule has 0 aromatic carbocycles. The van der Waals surface area contributed by atoms with Crippen LogP contribution in [0.1, 0.15) is 23.8 Å². The largest absolute Gasteiger partial charge is 0.405 e. The first-order valence-corrected chi connectivity index (χ1v) is 6.93. The molecule has 2 rings (SSSR count). The van der Waals surface area contributed by atoms with Crippen molar-refractivity contribution in [3.63, 3.8) is 0 Å². The maximum absolute atomic E-state index is 13.1. The van der Waals surface area contributed by atoms with Gasteiger partial charge in [-0.2, -0.15) is 13.2 Å². The topological polar surface area (TPSA) is 29.3 Å². The van der Waals surface area contributed by atoms with E-state index in [0.29, 0.717) is 25.9 Å². The normalized spacial score (nSPS) is 20.5. The lowest BCUT2D eigenvalue weighted by Gasteiger charge is -2.38. The highest BCUT2D eigenvalue weighted by molar-refractivity contribution is 7.10. The summed E-state index contributed by atoms with van der Waals surface area (Å²) in [7, 11) is 0. The van der Waals surface area contributed by atoms with Gasteiger partial charge in [-0.1, -0.05) is 6.92 Å². The second kappa shape index (κ2) is 5.19. The zero-order valence-corrected chi connectivity index (χ0v) is 11.0. The van der Waals surface area contributed by atoms with Gasteiger partial charge in [-0.25, -0.2) is 0 Å². The van der Waals surface area contributed by atoms with Gasteiger partial charge in [0.15, 0.2) is 0 Å². The molecular formula is C12H17F3N2S. The predicted molar refractivity (Wildman–Crippen MR) is 66.5 cm³/mol. The van der Waals surface area contributed by atoms with E-state index in [9.17, 15) is 13.2 Å². The monoisotopic (exact) mass is 278 g/mol. The van der Waals surface area contributed by atoms with Crippen molar-refractivity contribution in [3.05, 3.63) is 21.9 Å². The standard InChI is InChI=1S/C12H17F3N2S/c1-2-9(16)11(12(13,14)15)17-5-3-10-8(7-17)4-6-18-10/h4,6,9,11H,2-3,5,7,16H2,1H3. The number of thiophene rings is 1. The highest BCUT2D eigenvalue weighted by Gasteiger charge is 2.47. The second-order valence-corrected chi connectivity index (χ2v) is 5.65. The quantitative estimate of drug-likeness (QED) is 0.921. The van der Waals surface area contributed by atoms with Crippen molar-refractivity contribution >= 4 is 11.3 Å². The van der Waals surface area contributed by atoms with Crippen LogP contribution in [0.4, 0.5) is 13.2 Å². The molecule has 0 saturated carbocycles. The van der Waals surface area contributed by atoms with Crippen molar-refractivity contribution in [1.82, 2.24) is 4.90 Å². The van der Waals surface area contributed by atoms with Crippen LogP contribution in [-0.4, -0.2) is 29.7 Å². The van der Waals surface area contributed by atoms with Crippen LogP contribution in [-0.2, 0) is 13.0 Å². The summed E-state index contributed by atoms with van der Waals surface area (Å²) in [6.07, 6.45) is -3.24. The Balaban J connectivity index is 2.18. The number of nitrogens with zero attached hydrogens (tertiary/aromatic N) is 1. The van der Waals surface area contributed by atoms with E-state index in [0.717, 1.165) is 5.56 Å². The Morgan fingerprint density at radius 1 is 1.50 bits per heavy atom. The molecule has 102 valence electrons. The third-order valence-electron chi connectivity index (χ3n) is 3.44. The Hall–Kier alpha value is -0.590. The van der Waals surface area contributed by atoms with Crippen LogP contribution in [0.25, 0.3) is 0 Å². The van der Waals surface area contributed by atoms with E-state index in [1.165, 1.54) is 9.78 Å². The average molecular weight is 278 g/mol. The fourth-order valence-electron chi connectivity index (χ4n) is 2.45. The smallest absolute Gasteiger partial charge is 0.326 e. The fraction of sp³-hybridized carbons (Fsp3) is 0.667. The van der Waals surface area contributed by atoms with Gasteiger partial charge in [0.25, 0.3) is 0 Å². The van der Waals surface area contributed by atoms with Gasteiger partial charge >= 0.3 is 6.18 Å². The number of rotatable bonds is 3. The number of alkyl halides is 3. The zero-order valence-electron chi connectivity index (χ0n) is 10.2. The van der Waals surface area contributed by atoms with Crippen LogP contribution in [0.2, 0.25) is 0 Å². The Morgan fingerprint density at radius 3 is 2.83 bits per heavy atom. The van der Waals surface area contributed by atoms with Gasteiger partial charge in [-0.05, 0) is 29.9 Å². The average Bonchev–Trinajstić information content (AvgIpc) is 2.74. The van der Waals surface area contributed by atoms with Crippen LogP contribution in [0.5, 0.6) is 0 Å². The minimum atomic E-state index is -4.26. The lowest BCUT2D eigenvalue weighted by Crippen LogP contribution is -2.56. The molecule has 0 radical (unpaired) electrons. The molecule has 0 aliphatic carbocycles. The van der Waals surface area contributed by atoms with E-state index in [1.807, 2.05) is 11.4 Å². The SMILES string of the molecule is CCC(N)C(N1CCc2sccc2C1)C(F)(F)F. The zero-order chi connectivity index (χ0) is 13.3. The summed E-state index contributed by atoms with van der Waals surface area (Å²) in [5.74, 6) is 0. The van der Waals surface area contributed by atoms with E-state index in [-0.39, 0.29) is 0 Å². The van der Waals surface area contributed by atoms with Gasteiger partial charge < -0.3 is 5.73 Å². The summed E-state index contributed by atoms with van der Waals surface area (Å²) in [6, 6.07) is -0.474. The number of halogens is 3. The molecule has 0 bridgehead atoms. The summed E-state index contributed by atoms with van der Waals surface area (Å²) in [5.41, 5.74) is 6.69. The minimum Gasteiger partial charge on any atom is -0.326 e. The van der Waals surface area contributed by atoms with Crippen LogP contribution in [0, 0.1) is 0 Å². The van der Waals surface area contributed by atoms with Crippen molar-refractivity contribution in [2.24, 2.45) is 5.73 Å². The third-order valence-corrected chi connectivity index (χ3v) is 4.47. The molecule has 2 atom stereocenters.